The molecule has 0 spiro atoms. The zero-order valence-electron chi connectivity index (χ0n) is 58.0. The van der Waals surface area contributed by atoms with E-state index in [1.165, 1.54) is 25.3 Å². The van der Waals surface area contributed by atoms with Gasteiger partial charge in [0.25, 0.3) is 11.8 Å². The van der Waals surface area contributed by atoms with Crippen LogP contribution in [0, 0.1) is 11.3 Å². The van der Waals surface area contributed by atoms with Gasteiger partial charge in [0.15, 0.2) is 69.2 Å². The lowest BCUT2D eigenvalue weighted by atomic mass is 9.80. The van der Waals surface area contributed by atoms with Crippen molar-refractivity contribution >= 4 is 89.2 Å². The van der Waals surface area contributed by atoms with Gasteiger partial charge in [-0.3, -0.25) is 23.2 Å². The van der Waals surface area contributed by atoms with Gasteiger partial charge in [-0.2, -0.15) is 5.26 Å². The molecule has 2 aliphatic rings. The number of benzene rings is 5. The molecular weight excluding hydrogens is 1390 g/mol. The number of imidazole rings is 2. The summed E-state index contributed by atoms with van der Waals surface area (Å²) in [6, 6.07) is 44.3. The molecule has 31 heteroatoms. The Kier molecular flexibility index (Phi) is 22.7. The standard InChI is InChI=1S/C70H81N11O15P2SSi2/c1-68(2,3)100(9,10)95-58-56(93-97(84)85)53(92-66(58)80-43-76-54-60(72-41-74-62(54)80)78-64(82)45-23-16-13-17-24-45)40-90-98(99,89-38-22-37-71)94-57-52(39-88-70(47-27-20-15-21-28-47,48-29-33-50(86-7)34-30-48)49-31-35-51(87-8)36-32-49)91-67(59(57)96-101(11,12)69(4,5)6)81-44-77-55-61(73-42-75-63(55)81)79-65(83)46-25-18-14-19-26-46/h13-21,23-36,41-44,52-53,56-59,66-67H,22,38-40H2,1-12H3,(H2-,72,73,74,75,78,79,82,83,84,85)/p+1/t52-,53-,56-,57-,58-,59-,66-,67-,98?/m0/s1. The van der Waals surface area contributed by atoms with Crippen LogP contribution in [-0.2, 0) is 63.1 Å². The van der Waals surface area contributed by atoms with Crippen molar-refractivity contribution < 1.29 is 69.7 Å². The molecule has 2 saturated heterocycles. The number of amides is 2. The Morgan fingerprint density at radius 2 is 1.03 bits per heavy atom. The van der Waals surface area contributed by atoms with Gasteiger partial charge in [0.2, 0.25) is 0 Å². The lowest BCUT2D eigenvalue weighted by molar-refractivity contribution is -0.0938. The van der Waals surface area contributed by atoms with Crippen LogP contribution in [0.3, 0.4) is 0 Å². The maximum atomic E-state index is 13.8. The number of fused-ring (bicyclic) bond motifs is 2. The molecule has 0 aliphatic carbocycles. The number of rotatable bonds is 28. The summed E-state index contributed by atoms with van der Waals surface area (Å²) in [6.07, 6.45) is -4.34. The summed E-state index contributed by atoms with van der Waals surface area (Å²) in [5, 5.41) is 15.0. The van der Waals surface area contributed by atoms with Crippen LogP contribution in [0.2, 0.25) is 36.3 Å². The van der Waals surface area contributed by atoms with E-state index in [0.717, 1.165) is 5.56 Å². The molecule has 10 atom stereocenters. The molecule has 5 aromatic carbocycles. The number of hydrogen-bond acceptors (Lipinski definition) is 22. The minimum Gasteiger partial charge on any atom is -0.497 e. The highest BCUT2D eigenvalue weighted by molar-refractivity contribution is 8.07. The lowest BCUT2D eigenvalue weighted by Gasteiger charge is -2.41. The van der Waals surface area contributed by atoms with Gasteiger partial charge in [-0.15, -0.1) is 9.42 Å². The first-order valence-corrected chi connectivity index (χ1v) is 42.2. The van der Waals surface area contributed by atoms with Gasteiger partial charge in [0, 0.05) is 15.7 Å². The molecule has 530 valence electrons. The van der Waals surface area contributed by atoms with E-state index in [4.69, 9.17) is 72.4 Å². The molecule has 6 heterocycles. The third-order valence-electron chi connectivity index (χ3n) is 18.8. The number of ether oxygens (including phenoxy) is 5. The predicted octanol–water partition coefficient (Wildman–Crippen LogP) is 13.4. The van der Waals surface area contributed by atoms with Gasteiger partial charge in [0.1, 0.15) is 60.3 Å². The summed E-state index contributed by atoms with van der Waals surface area (Å²) in [4.78, 5) is 65.8. The topological polar surface area (TPSA) is 308 Å². The number of methoxy groups -OCH3 is 2. The molecular formula is C70H82N11O15P2SSi2+. The third-order valence-corrected chi connectivity index (χ3v) is 30.5. The van der Waals surface area contributed by atoms with Crippen molar-refractivity contribution in [2.75, 3.05) is 44.7 Å². The molecule has 2 unspecified atom stereocenters. The quantitative estimate of drug-likeness (QED) is 0.0178. The number of nitrogens with one attached hydrogen (secondary N) is 2. The van der Waals surface area contributed by atoms with Crippen molar-refractivity contribution in [2.45, 2.75) is 139 Å². The first-order valence-electron chi connectivity index (χ1n) is 32.7. The first kappa shape index (κ1) is 74.2. The van der Waals surface area contributed by atoms with Crippen LogP contribution in [0.5, 0.6) is 11.5 Å². The normalized spacial score (nSPS) is 20.5. The van der Waals surface area contributed by atoms with E-state index in [2.05, 4.69) is 70.5 Å². The van der Waals surface area contributed by atoms with Crippen molar-refractivity contribution in [3.05, 3.63) is 193 Å². The number of aromatic nitrogens is 8. The SMILES string of the molecule is COc1ccc(C(OC[C@@H]2O[C@H](n3cnc4c(NC(=O)c5ccccc5)ncnc43)[C@@H](O[Si](C)(C)C(C)(C)C)[C@H]2OP(=S)(OCCC#N)OC[C@@H]2O[C@H](n3cnc4c(NC(=O)c5ccccc5)ncnc43)[C@@H](O[Si](C)(C)C(C)(C)C)[C@H]2O[P+](=O)O)(c2ccccc2)c2ccc(OC)cc2)cc1. The number of carbonyl (C=O) groups is 2. The van der Waals surface area contributed by atoms with Crippen LogP contribution in [-0.4, -0.2) is 143 Å². The van der Waals surface area contributed by atoms with Crippen molar-refractivity contribution in [3.63, 3.8) is 0 Å². The van der Waals surface area contributed by atoms with Crippen molar-refractivity contribution in [1.29, 1.82) is 5.26 Å². The second kappa shape index (κ2) is 30.9. The minimum atomic E-state index is -4.33. The van der Waals surface area contributed by atoms with Crippen LogP contribution in [0.4, 0.5) is 11.6 Å². The van der Waals surface area contributed by atoms with Crippen LogP contribution in [0.25, 0.3) is 22.3 Å². The van der Waals surface area contributed by atoms with E-state index < -0.39 is 115 Å². The third kappa shape index (κ3) is 16.1. The number of anilines is 2. The predicted molar refractivity (Wildman–Crippen MR) is 386 cm³/mol. The summed E-state index contributed by atoms with van der Waals surface area (Å²) >= 11 is 6.60. The van der Waals surface area contributed by atoms with Gasteiger partial charge in [-0.1, -0.05) is 133 Å². The molecule has 2 aliphatic heterocycles. The molecule has 9 aromatic rings. The van der Waals surface area contributed by atoms with Crippen molar-refractivity contribution in [3.8, 4) is 17.6 Å². The van der Waals surface area contributed by atoms with Gasteiger partial charge >= 0.3 is 15.0 Å². The number of nitriles is 1. The second-order valence-electron chi connectivity index (χ2n) is 27.2. The second-order valence-corrected chi connectivity index (χ2v) is 40.4. The van der Waals surface area contributed by atoms with E-state index >= 15 is 0 Å². The fourth-order valence-corrected chi connectivity index (χ4v) is 16.6. The van der Waals surface area contributed by atoms with Gasteiger partial charge < -0.3 is 52.2 Å². The van der Waals surface area contributed by atoms with Gasteiger partial charge in [0.05, 0.1) is 59.2 Å². The average molecular weight is 1470 g/mol. The van der Waals surface area contributed by atoms with Gasteiger partial charge in [-0.25, -0.2) is 29.9 Å². The highest BCUT2D eigenvalue weighted by atomic mass is 32.5. The smallest absolute Gasteiger partial charge is 0.497 e. The monoisotopic (exact) mass is 1470 g/mol. The average Bonchev–Trinajstić information content (AvgIpc) is 1.74. The van der Waals surface area contributed by atoms with Crippen molar-refractivity contribution in [2.24, 2.45) is 0 Å². The number of hydrogen-bond donors (Lipinski definition) is 3. The fourth-order valence-electron chi connectivity index (χ4n) is 11.5. The zero-order chi connectivity index (χ0) is 72.1. The summed E-state index contributed by atoms with van der Waals surface area (Å²) in [6.45, 7) is 15.2. The van der Waals surface area contributed by atoms with Crippen LogP contribution in [0.1, 0.15) is 97.8 Å². The first-order chi connectivity index (χ1) is 48.2. The molecule has 4 aromatic heterocycles. The van der Waals surface area contributed by atoms with Crippen LogP contribution < -0.4 is 20.1 Å². The van der Waals surface area contributed by atoms with E-state index in [9.17, 15) is 24.3 Å². The summed E-state index contributed by atoms with van der Waals surface area (Å²) in [5.74, 6) is 0.593. The maximum Gasteiger partial charge on any atom is 0.695 e. The molecule has 0 bridgehead atoms. The van der Waals surface area contributed by atoms with Gasteiger partial charge in [-0.05, 0) is 113 Å². The lowest BCUT2D eigenvalue weighted by Crippen LogP contribution is -2.49. The number of carbonyl (C=O) groups excluding carboxylic acids is 2. The van der Waals surface area contributed by atoms with E-state index in [1.54, 1.807) is 78.0 Å². The molecule has 2 amide bonds. The highest BCUT2D eigenvalue weighted by Crippen LogP contribution is 2.57. The highest BCUT2D eigenvalue weighted by Gasteiger charge is 2.58. The Balaban J connectivity index is 1.03. The van der Waals surface area contributed by atoms with E-state index in [1.807, 2.05) is 119 Å². The van der Waals surface area contributed by atoms with Crippen LogP contribution in [0.15, 0.2) is 165 Å². The Morgan fingerprint density at radius 1 is 0.604 bits per heavy atom. The molecule has 3 N–H and O–H groups in total. The van der Waals surface area contributed by atoms with E-state index in [-0.39, 0.29) is 53.6 Å². The van der Waals surface area contributed by atoms with Crippen LogP contribution >= 0.6 is 15.0 Å². The molecule has 2 fully saturated rings. The fraction of sp³-hybridized carbons (Fsp3) is 0.386. The molecule has 11 rings (SSSR count). The summed E-state index contributed by atoms with van der Waals surface area (Å²) < 4.78 is 91.7. The Bertz CT molecular complexity index is 4430. The van der Waals surface area contributed by atoms with Crippen molar-refractivity contribution in [1.82, 2.24) is 39.0 Å². The Morgan fingerprint density at radius 3 is 1.46 bits per heavy atom. The molecule has 101 heavy (non-hydrogen) atoms. The zero-order valence-corrected chi connectivity index (χ0v) is 62.6. The Hall–Kier alpha value is -7.99. The minimum absolute atomic E-state index is 0.109. The van der Waals surface area contributed by atoms with E-state index in [0.29, 0.717) is 33.8 Å². The number of nitrogens with zero attached hydrogens (tertiary/aromatic N) is 9. The largest absolute Gasteiger partial charge is 0.695 e. The molecule has 0 radical (unpaired) electrons. The molecule has 26 nitrogen and oxygen atoms in total. The summed E-state index contributed by atoms with van der Waals surface area (Å²) in [5.41, 5.74) is 2.45. The molecule has 0 saturated carbocycles. The maximum absolute atomic E-state index is 13.8. The summed E-state index contributed by atoms with van der Waals surface area (Å²) in [7, 11) is -6.05. The Labute approximate surface area is 593 Å².